The van der Waals surface area contributed by atoms with Gasteiger partial charge in [0.05, 0.1) is 0 Å². The maximum Gasteiger partial charge on any atom is 0.238 e. The molecule has 18 heavy (non-hydrogen) atoms. The Balaban J connectivity index is 2.68. The third-order valence-electron chi connectivity index (χ3n) is 2.70. The summed E-state index contributed by atoms with van der Waals surface area (Å²) in [6.07, 6.45) is 0. The van der Waals surface area contributed by atoms with Gasteiger partial charge in [0.1, 0.15) is 5.54 Å². The molecule has 0 aliphatic rings. The van der Waals surface area contributed by atoms with Gasteiger partial charge in [-0.25, -0.2) is 0 Å². The van der Waals surface area contributed by atoms with Gasteiger partial charge in [0.25, 0.3) is 0 Å². The molecule has 1 unspecified atom stereocenters. The van der Waals surface area contributed by atoms with Gasteiger partial charge in [-0.05, 0) is 39.8 Å². The Morgan fingerprint density at radius 2 is 1.94 bits per heavy atom. The van der Waals surface area contributed by atoms with E-state index < -0.39 is 5.54 Å². The fourth-order valence-corrected chi connectivity index (χ4v) is 2.69. The average molecular weight is 266 g/mol. The Labute approximate surface area is 114 Å². The molecule has 1 atom stereocenters. The number of carbonyl (C=O) groups excluding carboxylic acids is 1. The van der Waals surface area contributed by atoms with Crippen molar-refractivity contribution in [2.24, 2.45) is 5.73 Å². The molecule has 0 radical (unpaired) electrons. The lowest BCUT2D eigenvalue weighted by Crippen LogP contribution is -2.57. The van der Waals surface area contributed by atoms with Gasteiger partial charge in [-0.2, -0.15) is 0 Å². The number of carbonyl (C=O) groups is 1. The Hall–Kier alpha value is -1.00. The Morgan fingerprint density at radius 1 is 1.39 bits per heavy atom. The maximum absolute atomic E-state index is 11.6. The highest BCUT2D eigenvalue weighted by Gasteiger charge is 2.31. The maximum atomic E-state index is 11.6. The van der Waals surface area contributed by atoms with Gasteiger partial charge in [-0.15, -0.1) is 11.8 Å². The first-order valence-corrected chi connectivity index (χ1v) is 7.09. The largest absolute Gasteiger partial charge is 0.368 e. The summed E-state index contributed by atoms with van der Waals surface area (Å²) < 4.78 is 0. The minimum Gasteiger partial charge on any atom is -0.368 e. The van der Waals surface area contributed by atoms with Crippen molar-refractivity contribution in [2.75, 3.05) is 5.75 Å². The lowest BCUT2D eigenvalue weighted by Gasteiger charge is -2.29. The lowest BCUT2D eigenvalue weighted by atomic mass is 10.0. The highest BCUT2D eigenvalue weighted by molar-refractivity contribution is 7.99. The van der Waals surface area contributed by atoms with Crippen LogP contribution in [0.25, 0.3) is 0 Å². The Morgan fingerprint density at radius 3 is 2.39 bits per heavy atom. The first-order valence-electron chi connectivity index (χ1n) is 6.10. The SMILES string of the molecule is Cc1ccc(SCC(C)(NC(C)C)C(N)=O)cc1. The van der Waals surface area contributed by atoms with Crippen molar-refractivity contribution in [2.45, 2.75) is 44.2 Å². The monoisotopic (exact) mass is 266 g/mol. The molecule has 4 heteroatoms. The minimum absolute atomic E-state index is 0.223. The molecule has 1 amide bonds. The van der Waals surface area contributed by atoms with E-state index in [1.807, 2.05) is 20.8 Å². The van der Waals surface area contributed by atoms with Crippen LogP contribution in [0.4, 0.5) is 0 Å². The highest BCUT2D eigenvalue weighted by Crippen LogP contribution is 2.23. The van der Waals surface area contributed by atoms with Crippen LogP contribution >= 0.6 is 11.8 Å². The molecule has 3 nitrogen and oxygen atoms in total. The van der Waals surface area contributed by atoms with Crippen LogP contribution in [0.2, 0.25) is 0 Å². The molecule has 0 saturated carbocycles. The molecular weight excluding hydrogens is 244 g/mol. The Kier molecular flexibility index (Phi) is 5.23. The van der Waals surface area contributed by atoms with Crippen LogP contribution < -0.4 is 11.1 Å². The molecule has 1 aromatic carbocycles. The third-order valence-corrected chi connectivity index (χ3v) is 4.03. The van der Waals surface area contributed by atoms with E-state index in [1.54, 1.807) is 11.8 Å². The van der Waals surface area contributed by atoms with Crippen molar-refractivity contribution in [1.29, 1.82) is 0 Å². The fraction of sp³-hybridized carbons (Fsp3) is 0.500. The van der Waals surface area contributed by atoms with Gasteiger partial charge in [0, 0.05) is 16.7 Å². The normalized spacial score (nSPS) is 14.5. The summed E-state index contributed by atoms with van der Waals surface area (Å²) >= 11 is 1.64. The average Bonchev–Trinajstić information content (AvgIpc) is 2.27. The molecule has 0 bridgehead atoms. The van der Waals surface area contributed by atoms with E-state index in [4.69, 9.17) is 5.73 Å². The van der Waals surface area contributed by atoms with E-state index in [0.29, 0.717) is 5.75 Å². The summed E-state index contributed by atoms with van der Waals surface area (Å²) in [6.45, 7) is 7.94. The van der Waals surface area contributed by atoms with Gasteiger partial charge >= 0.3 is 0 Å². The van der Waals surface area contributed by atoms with Crippen molar-refractivity contribution in [3.8, 4) is 0 Å². The predicted octanol–water partition coefficient (Wildman–Crippen LogP) is 2.33. The number of nitrogens with one attached hydrogen (secondary N) is 1. The zero-order valence-electron chi connectivity index (χ0n) is 11.5. The summed E-state index contributed by atoms with van der Waals surface area (Å²) in [6, 6.07) is 8.49. The predicted molar refractivity (Wildman–Crippen MR) is 77.8 cm³/mol. The molecule has 0 aliphatic heterocycles. The van der Waals surface area contributed by atoms with Crippen LogP contribution in [0.15, 0.2) is 29.2 Å². The minimum atomic E-state index is -0.677. The molecule has 0 saturated heterocycles. The van der Waals surface area contributed by atoms with Gasteiger partial charge in [-0.1, -0.05) is 17.7 Å². The van der Waals surface area contributed by atoms with Crippen molar-refractivity contribution in [1.82, 2.24) is 5.32 Å². The van der Waals surface area contributed by atoms with Crippen LogP contribution in [0.5, 0.6) is 0 Å². The molecular formula is C14H22N2OS. The number of amides is 1. The van der Waals surface area contributed by atoms with E-state index in [2.05, 4.69) is 36.5 Å². The lowest BCUT2D eigenvalue weighted by molar-refractivity contribution is -0.123. The number of benzene rings is 1. The van der Waals surface area contributed by atoms with Crippen molar-refractivity contribution < 1.29 is 4.79 Å². The zero-order chi connectivity index (χ0) is 13.8. The summed E-state index contributed by atoms with van der Waals surface area (Å²) in [5.41, 5.74) is 6.05. The molecule has 1 aromatic rings. The first-order chi connectivity index (χ1) is 8.33. The van der Waals surface area contributed by atoms with Gasteiger partial charge in [-0.3, -0.25) is 4.79 Å². The summed E-state index contributed by atoms with van der Waals surface area (Å²) in [5.74, 6) is 0.319. The highest BCUT2D eigenvalue weighted by atomic mass is 32.2. The quantitative estimate of drug-likeness (QED) is 0.777. The first kappa shape index (κ1) is 15.1. The van der Waals surface area contributed by atoms with Crippen LogP contribution in [0.3, 0.4) is 0 Å². The summed E-state index contributed by atoms with van der Waals surface area (Å²) in [5, 5.41) is 3.24. The van der Waals surface area contributed by atoms with Gasteiger partial charge in [0.2, 0.25) is 5.91 Å². The zero-order valence-corrected chi connectivity index (χ0v) is 12.3. The number of hydrogen-bond donors (Lipinski definition) is 2. The van der Waals surface area contributed by atoms with Crippen LogP contribution in [-0.4, -0.2) is 23.2 Å². The van der Waals surface area contributed by atoms with Gasteiger partial charge in [0.15, 0.2) is 0 Å². The van der Waals surface area contributed by atoms with E-state index >= 15 is 0 Å². The Bertz CT molecular complexity index is 403. The topological polar surface area (TPSA) is 55.1 Å². The second kappa shape index (κ2) is 6.25. The standard InChI is InChI=1S/C14H22N2OS/c1-10(2)16-14(4,13(15)17)9-18-12-7-5-11(3)6-8-12/h5-8,10,16H,9H2,1-4H3,(H2,15,17). The van der Waals surface area contributed by atoms with Crippen molar-refractivity contribution in [3.05, 3.63) is 29.8 Å². The summed E-state index contributed by atoms with van der Waals surface area (Å²) in [7, 11) is 0. The van der Waals surface area contributed by atoms with E-state index in [9.17, 15) is 4.79 Å². The molecule has 3 N–H and O–H groups in total. The van der Waals surface area contributed by atoms with Crippen molar-refractivity contribution >= 4 is 17.7 Å². The summed E-state index contributed by atoms with van der Waals surface area (Å²) in [4.78, 5) is 12.7. The number of aryl methyl sites for hydroxylation is 1. The van der Waals surface area contributed by atoms with E-state index in [-0.39, 0.29) is 11.9 Å². The number of rotatable bonds is 6. The second-order valence-electron chi connectivity index (χ2n) is 5.10. The van der Waals surface area contributed by atoms with Crippen LogP contribution in [0.1, 0.15) is 26.3 Å². The number of primary amides is 1. The second-order valence-corrected chi connectivity index (χ2v) is 6.15. The molecule has 0 spiro atoms. The molecule has 0 heterocycles. The number of thioether (sulfide) groups is 1. The third kappa shape index (κ3) is 4.35. The number of nitrogens with two attached hydrogens (primary N) is 1. The fourth-order valence-electron chi connectivity index (χ4n) is 1.68. The molecule has 1 rings (SSSR count). The number of hydrogen-bond acceptors (Lipinski definition) is 3. The van der Waals surface area contributed by atoms with E-state index in [1.165, 1.54) is 5.56 Å². The molecule has 0 fully saturated rings. The van der Waals surface area contributed by atoms with Crippen molar-refractivity contribution in [3.63, 3.8) is 0 Å². The van der Waals surface area contributed by atoms with Crippen LogP contribution in [-0.2, 0) is 4.79 Å². The molecule has 100 valence electrons. The van der Waals surface area contributed by atoms with Crippen LogP contribution in [0, 0.1) is 6.92 Å². The molecule has 0 aliphatic carbocycles. The molecule has 0 aromatic heterocycles. The van der Waals surface area contributed by atoms with E-state index in [0.717, 1.165) is 4.90 Å². The smallest absolute Gasteiger partial charge is 0.238 e. The van der Waals surface area contributed by atoms with Gasteiger partial charge < -0.3 is 11.1 Å².